The molecule has 4 rings (SSSR count). The number of aliphatic hydroxyl groups excluding tert-OH is 1. The van der Waals surface area contributed by atoms with Crippen LogP contribution in [0.5, 0.6) is 0 Å². The number of nitrogens with zero attached hydrogens (tertiary/aromatic N) is 4. The largest absolute Gasteiger partial charge is 0.480 e. The average Bonchev–Trinajstić information content (AvgIpc) is 3.13. The number of aryl methyl sites for hydroxylation is 1. The van der Waals surface area contributed by atoms with Crippen LogP contribution in [-0.4, -0.2) is 75.8 Å². The molecule has 0 aromatic carbocycles. The molecule has 162 valence electrons. The maximum Gasteiger partial charge on any atom is 0.328 e. The van der Waals surface area contributed by atoms with E-state index in [1.54, 1.807) is 11.3 Å². The van der Waals surface area contributed by atoms with Gasteiger partial charge in [-0.05, 0) is 25.3 Å². The fourth-order valence-corrected chi connectivity index (χ4v) is 4.79. The summed E-state index contributed by atoms with van der Waals surface area (Å²) in [5.41, 5.74) is 0. The third kappa shape index (κ3) is 4.06. The van der Waals surface area contributed by atoms with Crippen LogP contribution >= 0.6 is 11.3 Å². The Morgan fingerprint density at radius 1 is 1.27 bits per heavy atom. The molecule has 2 aliphatic rings. The van der Waals surface area contributed by atoms with Gasteiger partial charge >= 0.3 is 5.97 Å². The molecule has 0 spiro atoms. The molecule has 10 heteroatoms. The molecular weight excluding hydrogens is 406 g/mol. The van der Waals surface area contributed by atoms with E-state index in [-0.39, 0.29) is 17.8 Å². The first-order valence-corrected chi connectivity index (χ1v) is 11.3. The second-order valence-electron chi connectivity index (χ2n) is 7.81. The average molecular weight is 434 g/mol. The summed E-state index contributed by atoms with van der Waals surface area (Å²) in [5.74, 6) is 0.250. The number of carboxylic acid groups (broad SMARTS) is 1. The zero-order valence-corrected chi connectivity index (χ0v) is 17.8. The highest BCUT2D eigenvalue weighted by Gasteiger charge is 2.32. The molecular formula is C20H27N5O4S. The van der Waals surface area contributed by atoms with Crippen LogP contribution in [-0.2, 0) is 16.0 Å². The van der Waals surface area contributed by atoms with Gasteiger partial charge in [-0.25, -0.2) is 9.78 Å². The number of hydrogen-bond acceptors (Lipinski definition) is 8. The molecule has 9 nitrogen and oxygen atoms in total. The third-order valence-corrected chi connectivity index (χ3v) is 7.07. The van der Waals surface area contributed by atoms with Gasteiger partial charge in [-0.3, -0.25) is 4.79 Å². The molecule has 3 heterocycles. The minimum Gasteiger partial charge on any atom is -0.480 e. The number of thiophene rings is 1. The molecule has 2 aromatic heterocycles. The predicted molar refractivity (Wildman–Crippen MR) is 115 cm³/mol. The van der Waals surface area contributed by atoms with E-state index in [9.17, 15) is 19.8 Å². The zero-order chi connectivity index (χ0) is 21.3. The summed E-state index contributed by atoms with van der Waals surface area (Å²) in [5, 5.41) is 22.2. The van der Waals surface area contributed by atoms with Crippen molar-refractivity contribution in [2.45, 2.75) is 38.6 Å². The molecule has 1 saturated carbocycles. The van der Waals surface area contributed by atoms with Crippen molar-refractivity contribution in [2.75, 3.05) is 43.0 Å². The second-order valence-corrected chi connectivity index (χ2v) is 8.93. The topological polar surface area (TPSA) is 119 Å². The number of aliphatic hydroxyl groups is 1. The number of rotatable bonds is 7. The van der Waals surface area contributed by atoms with Crippen molar-refractivity contribution in [3.8, 4) is 0 Å². The number of carboxylic acids is 1. The van der Waals surface area contributed by atoms with Crippen LogP contribution in [0.25, 0.3) is 10.2 Å². The molecule has 1 aliphatic carbocycles. The Balaban J connectivity index is 1.58. The lowest BCUT2D eigenvalue weighted by atomic mass is 9.84. The summed E-state index contributed by atoms with van der Waals surface area (Å²) in [6.07, 6.45) is 4.03. The van der Waals surface area contributed by atoms with E-state index >= 15 is 0 Å². The Bertz CT molecular complexity index is 937. The van der Waals surface area contributed by atoms with E-state index in [2.05, 4.69) is 33.2 Å². The summed E-state index contributed by atoms with van der Waals surface area (Å²) in [7, 11) is 0. The van der Waals surface area contributed by atoms with Crippen molar-refractivity contribution in [3.63, 3.8) is 0 Å². The van der Waals surface area contributed by atoms with Crippen molar-refractivity contribution in [2.24, 2.45) is 5.92 Å². The number of piperazine rings is 1. The summed E-state index contributed by atoms with van der Waals surface area (Å²) in [4.78, 5) is 39.0. The lowest BCUT2D eigenvalue weighted by Crippen LogP contribution is -2.51. The van der Waals surface area contributed by atoms with Crippen molar-refractivity contribution < 1.29 is 19.8 Å². The third-order valence-electron chi connectivity index (χ3n) is 5.90. The number of aromatic nitrogens is 2. The van der Waals surface area contributed by atoms with Gasteiger partial charge in [-0.2, -0.15) is 4.98 Å². The summed E-state index contributed by atoms with van der Waals surface area (Å²) >= 11 is 1.56. The fourth-order valence-electron chi connectivity index (χ4n) is 3.83. The zero-order valence-electron chi connectivity index (χ0n) is 17.0. The van der Waals surface area contributed by atoms with Gasteiger partial charge in [0.1, 0.15) is 10.6 Å². The molecule has 1 amide bonds. The Morgan fingerprint density at radius 3 is 2.57 bits per heavy atom. The van der Waals surface area contributed by atoms with Crippen molar-refractivity contribution >= 4 is 45.2 Å². The standard InChI is InChI=1S/C20H27N5O4S/c1-2-13-10-14-16(22-20(23-17(14)30-13)21-15(11-26)19(28)29)24-6-8-25(9-7-24)18(27)12-4-3-5-12/h10,12,15,26H,2-9,11H2,1H3,(H,28,29)(H,21,22,23)/t15-/m0/s1. The lowest BCUT2D eigenvalue weighted by Gasteiger charge is -2.38. The van der Waals surface area contributed by atoms with Crippen molar-refractivity contribution in [3.05, 3.63) is 10.9 Å². The first kappa shape index (κ1) is 20.8. The smallest absolute Gasteiger partial charge is 0.328 e. The molecule has 2 fully saturated rings. The summed E-state index contributed by atoms with van der Waals surface area (Å²) in [6, 6.07) is 0.920. The molecule has 0 bridgehead atoms. The highest BCUT2D eigenvalue weighted by molar-refractivity contribution is 7.18. The van der Waals surface area contributed by atoms with E-state index in [1.807, 2.05) is 4.90 Å². The van der Waals surface area contributed by atoms with Crippen LogP contribution in [0, 0.1) is 5.92 Å². The number of anilines is 2. The minimum absolute atomic E-state index is 0.191. The van der Waals surface area contributed by atoms with Crippen LogP contribution in [0.2, 0.25) is 0 Å². The van der Waals surface area contributed by atoms with Gasteiger partial charge in [0.25, 0.3) is 0 Å². The Labute approximate surface area is 178 Å². The minimum atomic E-state index is -1.17. The van der Waals surface area contributed by atoms with Crippen LogP contribution in [0.4, 0.5) is 11.8 Å². The Kier molecular flexibility index (Phi) is 6.05. The van der Waals surface area contributed by atoms with Crippen LogP contribution in [0.3, 0.4) is 0 Å². The number of carbonyl (C=O) groups is 2. The first-order chi connectivity index (χ1) is 14.5. The molecule has 1 saturated heterocycles. The normalized spacial score (nSPS) is 18.3. The van der Waals surface area contributed by atoms with Crippen LogP contribution in [0.1, 0.15) is 31.1 Å². The maximum absolute atomic E-state index is 12.5. The van der Waals surface area contributed by atoms with Crippen LogP contribution < -0.4 is 10.2 Å². The maximum atomic E-state index is 12.5. The number of fused-ring (bicyclic) bond motifs is 1. The Hall–Kier alpha value is -2.46. The van der Waals surface area contributed by atoms with Gasteiger partial charge in [0.2, 0.25) is 11.9 Å². The number of carbonyl (C=O) groups excluding carboxylic acids is 1. The molecule has 30 heavy (non-hydrogen) atoms. The Morgan fingerprint density at radius 2 is 2.00 bits per heavy atom. The van der Waals surface area contributed by atoms with Crippen LogP contribution in [0.15, 0.2) is 6.07 Å². The van der Waals surface area contributed by atoms with Gasteiger partial charge in [0.15, 0.2) is 6.04 Å². The first-order valence-electron chi connectivity index (χ1n) is 10.4. The number of nitrogens with one attached hydrogen (secondary N) is 1. The second kappa shape index (κ2) is 8.73. The molecule has 0 unspecified atom stereocenters. The van der Waals surface area contributed by atoms with E-state index in [0.29, 0.717) is 26.2 Å². The van der Waals surface area contributed by atoms with Gasteiger partial charge in [0, 0.05) is 37.0 Å². The van der Waals surface area contributed by atoms with Crippen molar-refractivity contribution in [1.82, 2.24) is 14.9 Å². The highest BCUT2D eigenvalue weighted by atomic mass is 32.1. The summed E-state index contributed by atoms with van der Waals surface area (Å²) < 4.78 is 0. The van der Waals surface area contributed by atoms with Gasteiger partial charge in [-0.15, -0.1) is 11.3 Å². The van der Waals surface area contributed by atoms with Gasteiger partial charge < -0.3 is 25.3 Å². The van der Waals surface area contributed by atoms with Crippen molar-refractivity contribution in [1.29, 1.82) is 0 Å². The molecule has 1 aliphatic heterocycles. The highest BCUT2D eigenvalue weighted by Crippen LogP contribution is 2.34. The monoisotopic (exact) mass is 433 g/mol. The van der Waals surface area contributed by atoms with E-state index < -0.39 is 18.6 Å². The lowest BCUT2D eigenvalue weighted by molar-refractivity contribution is -0.139. The molecule has 2 aromatic rings. The molecule has 3 N–H and O–H groups in total. The molecule has 0 radical (unpaired) electrons. The van der Waals surface area contributed by atoms with E-state index in [1.165, 1.54) is 4.88 Å². The number of aliphatic carboxylic acids is 1. The van der Waals surface area contributed by atoms with Gasteiger partial charge in [-0.1, -0.05) is 13.3 Å². The number of amides is 1. The summed E-state index contributed by atoms with van der Waals surface area (Å²) in [6.45, 7) is 4.17. The van der Waals surface area contributed by atoms with E-state index in [4.69, 9.17) is 0 Å². The quantitative estimate of drug-likeness (QED) is 0.602. The SMILES string of the molecule is CCc1cc2c(N3CCN(C(=O)C4CCC4)CC3)nc(N[C@@H](CO)C(=O)O)nc2s1. The number of hydrogen-bond donors (Lipinski definition) is 3. The van der Waals surface area contributed by atoms with Gasteiger partial charge in [0.05, 0.1) is 12.0 Å². The molecule has 1 atom stereocenters. The fraction of sp³-hybridized carbons (Fsp3) is 0.600. The predicted octanol–water partition coefficient (Wildman–Crippen LogP) is 1.56. The van der Waals surface area contributed by atoms with E-state index in [0.717, 1.165) is 41.7 Å².